The zero-order chi connectivity index (χ0) is 21.3. The van der Waals surface area contributed by atoms with E-state index in [-0.39, 0.29) is 34.8 Å². The smallest absolute Gasteiger partial charge is 0.339 e. The van der Waals surface area contributed by atoms with Gasteiger partial charge in [-0.1, -0.05) is 43.0 Å². The highest BCUT2D eigenvalue weighted by Crippen LogP contribution is 2.40. The highest BCUT2D eigenvalue weighted by atomic mass is 32.2. The Kier molecular flexibility index (Phi) is 6.04. The van der Waals surface area contributed by atoms with Crippen molar-refractivity contribution in [3.8, 4) is 11.3 Å². The largest absolute Gasteiger partial charge is 0.433 e. The number of rotatable bonds is 4. The first-order valence-corrected chi connectivity index (χ1v) is 11.4. The molecule has 1 aliphatic heterocycles. The van der Waals surface area contributed by atoms with Crippen LogP contribution in [0.3, 0.4) is 0 Å². The van der Waals surface area contributed by atoms with Gasteiger partial charge in [0.25, 0.3) is 0 Å². The van der Waals surface area contributed by atoms with Crippen molar-refractivity contribution in [2.75, 3.05) is 12.3 Å². The van der Waals surface area contributed by atoms with Crippen molar-refractivity contribution < 1.29 is 18.0 Å². The first-order chi connectivity index (χ1) is 14.4. The lowest BCUT2D eigenvalue weighted by Crippen LogP contribution is -2.44. The molecule has 2 heterocycles. The van der Waals surface area contributed by atoms with E-state index < -0.39 is 11.9 Å². The first-order valence-electron chi connectivity index (χ1n) is 10.4. The highest BCUT2D eigenvalue weighted by molar-refractivity contribution is 7.99. The van der Waals surface area contributed by atoms with E-state index in [0.717, 1.165) is 48.6 Å². The van der Waals surface area contributed by atoms with Gasteiger partial charge in [0.05, 0.1) is 11.4 Å². The Morgan fingerprint density at radius 2 is 2.00 bits per heavy atom. The number of alkyl halides is 3. The fraction of sp³-hybridized carbons (Fsp3) is 0.500. The molecule has 1 saturated heterocycles. The molecule has 1 aliphatic carbocycles. The molecule has 1 aromatic heterocycles. The molecule has 0 spiro atoms. The lowest BCUT2D eigenvalue weighted by molar-refractivity contribution is -0.142. The fourth-order valence-electron chi connectivity index (χ4n) is 4.41. The predicted octanol–water partition coefficient (Wildman–Crippen LogP) is 5.14. The molecule has 1 amide bonds. The quantitative estimate of drug-likeness (QED) is 0.493. The van der Waals surface area contributed by atoms with Gasteiger partial charge < -0.3 is 4.90 Å². The maximum absolute atomic E-state index is 13.7. The summed E-state index contributed by atoms with van der Waals surface area (Å²) in [6.07, 6.45) is 0.191. The van der Waals surface area contributed by atoms with E-state index in [1.165, 1.54) is 0 Å². The number of hydrogen-bond acceptors (Lipinski definition) is 4. The number of piperidine rings is 1. The van der Waals surface area contributed by atoms with Crippen LogP contribution in [0.5, 0.6) is 0 Å². The Morgan fingerprint density at radius 3 is 2.77 bits per heavy atom. The summed E-state index contributed by atoms with van der Waals surface area (Å²) in [6, 6.07) is 7.63. The van der Waals surface area contributed by atoms with Crippen molar-refractivity contribution >= 4 is 17.7 Å². The summed E-state index contributed by atoms with van der Waals surface area (Å²) in [5.74, 6) is -0.00403. The molecule has 0 bridgehead atoms. The van der Waals surface area contributed by atoms with Gasteiger partial charge in [-0.2, -0.15) is 13.2 Å². The van der Waals surface area contributed by atoms with E-state index in [1.54, 1.807) is 12.1 Å². The summed E-state index contributed by atoms with van der Waals surface area (Å²) in [5, 5.41) is 0.0104. The minimum absolute atomic E-state index is 0.0104. The molecule has 30 heavy (non-hydrogen) atoms. The average Bonchev–Trinajstić information content (AvgIpc) is 2.76. The van der Waals surface area contributed by atoms with Gasteiger partial charge in [-0.15, -0.1) is 0 Å². The molecule has 8 heteroatoms. The third kappa shape index (κ3) is 4.19. The summed E-state index contributed by atoms with van der Waals surface area (Å²) in [5.41, 5.74) is 1.34. The fourth-order valence-corrected chi connectivity index (χ4v) is 5.14. The van der Waals surface area contributed by atoms with Crippen molar-refractivity contribution in [2.45, 2.75) is 62.8 Å². The van der Waals surface area contributed by atoms with Crippen molar-refractivity contribution in [3.63, 3.8) is 0 Å². The maximum atomic E-state index is 13.7. The molecule has 4 rings (SSSR count). The van der Waals surface area contributed by atoms with Crippen molar-refractivity contribution in [1.29, 1.82) is 0 Å². The zero-order valence-electron chi connectivity index (χ0n) is 16.8. The lowest BCUT2D eigenvalue weighted by Gasteiger charge is -2.35. The van der Waals surface area contributed by atoms with E-state index in [0.29, 0.717) is 18.7 Å². The second-order valence-electron chi connectivity index (χ2n) is 7.77. The molecule has 1 aromatic carbocycles. The normalized spacial score (nSPS) is 18.7. The van der Waals surface area contributed by atoms with Crippen LogP contribution in [0.2, 0.25) is 0 Å². The number of benzene rings is 1. The Balaban J connectivity index is 1.62. The standard InChI is InChI=1S/C22H24F3N3OS/c1-2-15-8-5-6-12-28(15)18(29)13-30-21-26-19-16-9-4-3-7-14(16)10-11-17(19)20(27-21)22(23,24)25/h3-4,7,9,15H,2,5-6,8,10-13H2,1H3. The molecule has 4 nitrogen and oxygen atoms in total. The van der Waals surface area contributed by atoms with Crippen molar-refractivity contribution in [1.82, 2.24) is 14.9 Å². The van der Waals surface area contributed by atoms with Gasteiger partial charge in [0.2, 0.25) is 5.91 Å². The molecule has 0 radical (unpaired) electrons. The third-order valence-electron chi connectivity index (χ3n) is 5.92. The Labute approximate surface area is 178 Å². The number of hydrogen-bond donors (Lipinski definition) is 0. The topological polar surface area (TPSA) is 46.1 Å². The van der Waals surface area contributed by atoms with Crippen LogP contribution in [0.25, 0.3) is 11.3 Å². The van der Waals surface area contributed by atoms with E-state index >= 15 is 0 Å². The molecular weight excluding hydrogens is 411 g/mol. The van der Waals surface area contributed by atoms with Crippen LogP contribution in [0.15, 0.2) is 29.4 Å². The molecule has 2 aromatic rings. The van der Waals surface area contributed by atoms with Gasteiger partial charge in [-0.05, 0) is 44.1 Å². The van der Waals surface area contributed by atoms with Crippen LogP contribution in [0.4, 0.5) is 13.2 Å². The van der Waals surface area contributed by atoms with Crippen molar-refractivity contribution in [3.05, 3.63) is 41.1 Å². The number of thioether (sulfide) groups is 1. The van der Waals surface area contributed by atoms with Gasteiger partial charge in [-0.25, -0.2) is 9.97 Å². The van der Waals surface area contributed by atoms with Crippen LogP contribution < -0.4 is 0 Å². The first kappa shape index (κ1) is 21.2. The SMILES string of the molecule is CCC1CCCCN1C(=O)CSc1nc2c(c(C(F)(F)F)n1)CCc1ccccc1-2. The van der Waals surface area contributed by atoms with Gasteiger partial charge in [0, 0.05) is 23.7 Å². The Bertz CT molecular complexity index is 948. The van der Waals surface area contributed by atoms with E-state index in [1.807, 2.05) is 17.0 Å². The van der Waals surface area contributed by atoms with Gasteiger partial charge in [0.1, 0.15) is 0 Å². The zero-order valence-corrected chi connectivity index (χ0v) is 17.7. The number of aromatic nitrogens is 2. The van der Waals surface area contributed by atoms with Crippen LogP contribution >= 0.6 is 11.8 Å². The number of nitrogens with zero attached hydrogens (tertiary/aromatic N) is 3. The van der Waals surface area contributed by atoms with Gasteiger partial charge in [-0.3, -0.25) is 4.79 Å². The summed E-state index contributed by atoms with van der Waals surface area (Å²) in [6.45, 7) is 2.77. The van der Waals surface area contributed by atoms with Crippen LogP contribution in [-0.4, -0.2) is 39.1 Å². The number of carbonyl (C=O) groups excluding carboxylic acids is 1. The Hall–Kier alpha value is -2.09. The minimum atomic E-state index is -4.56. The number of halogens is 3. The molecule has 160 valence electrons. The van der Waals surface area contributed by atoms with Gasteiger partial charge in [0.15, 0.2) is 10.9 Å². The number of fused-ring (bicyclic) bond motifs is 3. The number of amides is 1. The van der Waals surface area contributed by atoms with E-state index in [4.69, 9.17) is 0 Å². The van der Waals surface area contributed by atoms with E-state index in [9.17, 15) is 18.0 Å². The van der Waals surface area contributed by atoms with Crippen LogP contribution in [0, 0.1) is 0 Å². The number of carbonyl (C=O) groups is 1. The second kappa shape index (κ2) is 8.57. The third-order valence-corrected chi connectivity index (χ3v) is 6.75. The average molecular weight is 436 g/mol. The van der Waals surface area contributed by atoms with Crippen LogP contribution in [0.1, 0.15) is 49.4 Å². The summed E-state index contributed by atoms with van der Waals surface area (Å²) in [4.78, 5) is 22.9. The number of likely N-dealkylation sites (tertiary alicyclic amines) is 1. The molecule has 1 atom stereocenters. The second-order valence-corrected chi connectivity index (χ2v) is 8.71. The lowest BCUT2D eigenvalue weighted by atomic mass is 9.88. The maximum Gasteiger partial charge on any atom is 0.433 e. The number of aryl methyl sites for hydroxylation is 1. The van der Waals surface area contributed by atoms with Crippen molar-refractivity contribution in [2.24, 2.45) is 0 Å². The molecule has 1 fully saturated rings. The minimum Gasteiger partial charge on any atom is -0.339 e. The van der Waals surface area contributed by atoms with Gasteiger partial charge >= 0.3 is 6.18 Å². The summed E-state index contributed by atoms with van der Waals surface area (Å²) < 4.78 is 41.2. The summed E-state index contributed by atoms with van der Waals surface area (Å²) >= 11 is 0.999. The monoisotopic (exact) mass is 435 g/mol. The molecule has 0 saturated carbocycles. The highest BCUT2D eigenvalue weighted by Gasteiger charge is 2.39. The molecule has 2 aliphatic rings. The molecule has 1 unspecified atom stereocenters. The Morgan fingerprint density at radius 1 is 1.20 bits per heavy atom. The molecule has 0 N–H and O–H groups in total. The van der Waals surface area contributed by atoms with E-state index in [2.05, 4.69) is 16.9 Å². The summed E-state index contributed by atoms with van der Waals surface area (Å²) in [7, 11) is 0. The van der Waals surface area contributed by atoms with Crippen LogP contribution in [-0.2, 0) is 23.8 Å². The predicted molar refractivity (Wildman–Crippen MR) is 110 cm³/mol. The molecular formula is C22H24F3N3OS.